The molecule has 0 heterocycles. The first-order chi connectivity index (χ1) is 7.26. The predicted octanol–water partition coefficient (Wildman–Crippen LogP) is -0.723. The zero-order chi connectivity index (χ0) is 12.5. The molecule has 1 aromatic rings. The minimum atomic E-state index is -4.85. The van der Waals surface area contributed by atoms with Crippen LogP contribution in [0.1, 0.15) is 22.3 Å². The maximum absolute atomic E-state index is 12.5. The van der Waals surface area contributed by atoms with E-state index in [0.717, 1.165) is 0 Å². The number of nitrogen functional groups attached to an aromatic ring is 1. The van der Waals surface area contributed by atoms with E-state index in [-0.39, 0.29) is 63.5 Å². The monoisotopic (exact) mass is 270 g/mol. The van der Waals surface area contributed by atoms with E-state index in [2.05, 4.69) is 0 Å². The third-order valence-corrected chi connectivity index (χ3v) is 2.81. The molecule has 0 aliphatic carbocycles. The summed E-state index contributed by atoms with van der Waals surface area (Å²) < 4.78 is 37.4. The number of halogens is 3. The van der Waals surface area contributed by atoms with Crippen LogP contribution in [0.15, 0.2) is 6.07 Å². The van der Waals surface area contributed by atoms with Crippen LogP contribution in [0.3, 0.4) is 0 Å². The van der Waals surface area contributed by atoms with Gasteiger partial charge in [0.15, 0.2) is 0 Å². The maximum Gasteiger partial charge on any atom is 1.00 e. The van der Waals surface area contributed by atoms with Gasteiger partial charge in [-0.15, -0.1) is 0 Å². The van der Waals surface area contributed by atoms with Gasteiger partial charge in [0.1, 0.15) is 0 Å². The van der Waals surface area contributed by atoms with Gasteiger partial charge in [-0.05, 0) is 36.6 Å². The molecular weight excluding hydrogens is 255 g/mol. The van der Waals surface area contributed by atoms with Crippen LogP contribution in [0.2, 0.25) is 0 Å². The van der Waals surface area contributed by atoms with Crippen molar-refractivity contribution in [2.75, 3.05) is 5.73 Å². The van der Waals surface area contributed by atoms with Crippen molar-refractivity contribution in [3.8, 4) is 0 Å². The molecule has 0 radical (unpaired) electrons. The summed E-state index contributed by atoms with van der Waals surface area (Å²) in [6.45, 7) is -1.38. The maximum atomic E-state index is 12.5. The van der Waals surface area contributed by atoms with Crippen molar-refractivity contribution in [2.45, 2.75) is 26.7 Å². The quantitative estimate of drug-likeness (QED) is 0.562. The first kappa shape index (κ1) is 17.5. The van der Waals surface area contributed by atoms with E-state index in [1.54, 1.807) is 19.9 Å². The predicted molar refractivity (Wildman–Crippen MR) is 61.0 cm³/mol. The Morgan fingerprint density at radius 1 is 1.18 bits per heavy atom. The van der Waals surface area contributed by atoms with Crippen LogP contribution in [0, 0.1) is 13.8 Å². The molecule has 7 heteroatoms. The zero-order valence-electron chi connectivity index (χ0n) is 10.4. The van der Waals surface area contributed by atoms with E-state index in [4.69, 9.17) is 11.5 Å². The van der Waals surface area contributed by atoms with Gasteiger partial charge in [0.2, 0.25) is 0 Å². The van der Waals surface area contributed by atoms with Crippen molar-refractivity contribution < 1.29 is 64.3 Å². The van der Waals surface area contributed by atoms with Crippen molar-refractivity contribution in [3.63, 3.8) is 0 Å². The van der Waals surface area contributed by atoms with Gasteiger partial charge in [-0.3, -0.25) is 0 Å². The molecule has 0 amide bonds. The van der Waals surface area contributed by atoms with E-state index in [1.165, 1.54) is 0 Å². The molecule has 0 spiro atoms. The molecule has 1 aromatic carbocycles. The fraction of sp³-hybridized carbons (Fsp3) is 0.400. The summed E-state index contributed by atoms with van der Waals surface area (Å²) in [5, 5.41) is 0. The SMILES string of the molecule is Cc1c(N)cc(CN)c(C)c1C[B-](F)(F)F.[K+]. The molecule has 0 aliphatic rings. The minimum Gasteiger partial charge on any atom is -0.449 e. The van der Waals surface area contributed by atoms with Crippen LogP contribution in [0.4, 0.5) is 18.6 Å². The molecule has 90 valence electrons. The van der Waals surface area contributed by atoms with Gasteiger partial charge in [0.25, 0.3) is 0 Å². The molecule has 0 unspecified atom stereocenters. The van der Waals surface area contributed by atoms with E-state index in [0.29, 0.717) is 22.4 Å². The molecule has 0 fully saturated rings. The van der Waals surface area contributed by atoms with Gasteiger partial charge in [0, 0.05) is 12.2 Å². The van der Waals surface area contributed by atoms with Gasteiger partial charge < -0.3 is 24.4 Å². The molecule has 0 aliphatic heterocycles. The Bertz CT molecular complexity index is 408. The summed E-state index contributed by atoms with van der Waals surface area (Å²) >= 11 is 0. The van der Waals surface area contributed by atoms with E-state index in [1.807, 2.05) is 0 Å². The zero-order valence-corrected chi connectivity index (χ0v) is 13.5. The summed E-state index contributed by atoms with van der Waals surface area (Å²) in [5.41, 5.74) is 13.6. The first-order valence-corrected chi connectivity index (χ1v) is 5.04. The molecule has 1 rings (SSSR count). The summed E-state index contributed by atoms with van der Waals surface area (Å²) in [7, 11) is 0. The van der Waals surface area contributed by atoms with Crippen LogP contribution < -0.4 is 62.9 Å². The second-order valence-corrected chi connectivity index (χ2v) is 3.97. The van der Waals surface area contributed by atoms with E-state index >= 15 is 0 Å². The topological polar surface area (TPSA) is 52.0 Å². The third kappa shape index (κ3) is 4.57. The second-order valence-electron chi connectivity index (χ2n) is 3.97. The number of rotatable bonds is 3. The van der Waals surface area contributed by atoms with Crippen molar-refractivity contribution >= 4 is 12.7 Å². The summed E-state index contributed by atoms with van der Waals surface area (Å²) in [6, 6.07) is 1.65. The summed E-state index contributed by atoms with van der Waals surface area (Å²) in [4.78, 5) is 0. The number of hydrogen-bond acceptors (Lipinski definition) is 2. The smallest absolute Gasteiger partial charge is 0.449 e. The van der Waals surface area contributed by atoms with Gasteiger partial charge in [-0.1, -0.05) is 11.9 Å². The average Bonchev–Trinajstić information content (AvgIpc) is 2.17. The largest absolute Gasteiger partial charge is 1.00 e. The Morgan fingerprint density at radius 2 is 1.71 bits per heavy atom. The third-order valence-electron chi connectivity index (χ3n) is 2.81. The standard InChI is InChI=1S/C10H15BF3N2.K/c1-6-8(5-15)3-10(16)7(2)9(6)4-11(12,13)14;/h3H,4-5,15-16H2,1-2H3;/q-1;+1. The van der Waals surface area contributed by atoms with Crippen LogP contribution in [0.25, 0.3) is 0 Å². The van der Waals surface area contributed by atoms with Gasteiger partial charge >= 0.3 is 58.4 Å². The summed E-state index contributed by atoms with van der Waals surface area (Å²) in [6.07, 6.45) is -0.893. The minimum absolute atomic E-state index is 0. The number of anilines is 1. The Labute approximate surface area is 142 Å². The molecule has 17 heavy (non-hydrogen) atoms. The van der Waals surface area contributed by atoms with Crippen LogP contribution in [-0.2, 0) is 12.9 Å². The van der Waals surface area contributed by atoms with Gasteiger partial charge in [0.05, 0.1) is 0 Å². The Hall–Kier alpha value is 0.471. The number of benzene rings is 1. The fourth-order valence-electron chi connectivity index (χ4n) is 1.80. The Kier molecular flexibility index (Phi) is 6.77. The van der Waals surface area contributed by atoms with Crippen LogP contribution in [-0.4, -0.2) is 6.98 Å². The molecule has 0 atom stereocenters. The van der Waals surface area contributed by atoms with Crippen molar-refractivity contribution in [1.82, 2.24) is 0 Å². The normalized spacial score (nSPS) is 11.2. The van der Waals surface area contributed by atoms with Gasteiger partial charge in [-0.2, -0.15) is 0 Å². The molecule has 0 bridgehead atoms. The average molecular weight is 270 g/mol. The van der Waals surface area contributed by atoms with Crippen LogP contribution in [0.5, 0.6) is 0 Å². The number of hydrogen-bond donors (Lipinski definition) is 2. The van der Waals surface area contributed by atoms with E-state index in [9.17, 15) is 12.9 Å². The Morgan fingerprint density at radius 3 is 2.12 bits per heavy atom. The van der Waals surface area contributed by atoms with Crippen molar-refractivity contribution in [1.29, 1.82) is 0 Å². The van der Waals surface area contributed by atoms with Crippen molar-refractivity contribution in [2.24, 2.45) is 5.73 Å². The van der Waals surface area contributed by atoms with Crippen molar-refractivity contribution in [3.05, 3.63) is 28.3 Å². The second kappa shape index (κ2) is 6.58. The molecule has 0 saturated carbocycles. The first-order valence-electron chi connectivity index (χ1n) is 5.04. The number of nitrogens with two attached hydrogens (primary N) is 2. The van der Waals surface area contributed by atoms with Crippen LogP contribution >= 0.6 is 0 Å². The molecular formula is C10H15BF3KN2. The molecule has 0 saturated heterocycles. The molecule has 2 nitrogen and oxygen atoms in total. The molecule has 0 aromatic heterocycles. The Balaban J connectivity index is 0.00000256. The van der Waals surface area contributed by atoms with E-state index < -0.39 is 13.3 Å². The fourth-order valence-corrected chi connectivity index (χ4v) is 1.80. The molecule has 4 N–H and O–H groups in total. The van der Waals surface area contributed by atoms with Gasteiger partial charge in [-0.25, -0.2) is 0 Å². The summed E-state index contributed by atoms with van der Waals surface area (Å²) in [5.74, 6) is 0.